The molecule has 3 heterocycles. The first-order valence-electron chi connectivity index (χ1n) is 8.91. The van der Waals surface area contributed by atoms with E-state index < -0.39 is 0 Å². The van der Waals surface area contributed by atoms with Crippen LogP contribution < -0.4 is 0 Å². The van der Waals surface area contributed by atoms with Crippen LogP contribution in [0.3, 0.4) is 0 Å². The summed E-state index contributed by atoms with van der Waals surface area (Å²) in [6.45, 7) is 8.44. The van der Waals surface area contributed by atoms with Crippen molar-refractivity contribution in [3.63, 3.8) is 0 Å². The third-order valence-electron chi connectivity index (χ3n) is 4.99. The van der Waals surface area contributed by atoms with Gasteiger partial charge in [-0.1, -0.05) is 5.16 Å². The molecular formula is C18H27N5O2. The van der Waals surface area contributed by atoms with Gasteiger partial charge in [-0.05, 0) is 40.2 Å². The van der Waals surface area contributed by atoms with Gasteiger partial charge in [-0.3, -0.25) is 19.7 Å². The molecule has 2 aliphatic heterocycles. The lowest BCUT2D eigenvalue weighted by Crippen LogP contribution is -2.49. The molecular weight excluding hydrogens is 318 g/mol. The highest BCUT2D eigenvalue weighted by molar-refractivity contribution is 6.39. The number of carbonyl (C=O) groups excluding carboxylic acids is 1. The van der Waals surface area contributed by atoms with E-state index in [-0.39, 0.29) is 17.6 Å². The van der Waals surface area contributed by atoms with Crippen LogP contribution in [0.5, 0.6) is 0 Å². The van der Waals surface area contributed by atoms with E-state index in [9.17, 15) is 4.79 Å². The normalized spacial score (nSPS) is 23.6. The second kappa shape index (κ2) is 7.07. The predicted molar refractivity (Wildman–Crippen MR) is 95.1 cm³/mol. The molecule has 1 spiro atoms. The van der Waals surface area contributed by atoms with Crippen molar-refractivity contribution in [2.75, 3.05) is 20.1 Å². The average Bonchev–Trinajstić information content (AvgIpc) is 2.96. The third kappa shape index (κ3) is 3.98. The third-order valence-corrected chi connectivity index (χ3v) is 4.99. The number of hydrogen-bond donors (Lipinski definition) is 0. The molecule has 1 aromatic heterocycles. The van der Waals surface area contributed by atoms with E-state index in [2.05, 4.69) is 20.0 Å². The summed E-state index contributed by atoms with van der Waals surface area (Å²) in [7, 11) is 1.81. The van der Waals surface area contributed by atoms with E-state index >= 15 is 0 Å². The van der Waals surface area contributed by atoms with Crippen LogP contribution in [0.1, 0.15) is 44.5 Å². The van der Waals surface area contributed by atoms with E-state index in [1.54, 1.807) is 11.1 Å². The van der Waals surface area contributed by atoms with Crippen LogP contribution in [0.15, 0.2) is 17.5 Å². The lowest BCUT2D eigenvalue weighted by atomic mass is 9.88. The van der Waals surface area contributed by atoms with Crippen LogP contribution >= 0.6 is 0 Å². The Labute approximate surface area is 149 Å². The lowest BCUT2D eigenvalue weighted by molar-refractivity contribution is -0.124. The molecule has 7 nitrogen and oxygen atoms in total. The predicted octanol–water partition coefficient (Wildman–Crippen LogP) is 1.76. The van der Waals surface area contributed by atoms with Gasteiger partial charge in [0.25, 0.3) is 5.91 Å². The Morgan fingerprint density at radius 2 is 2.24 bits per heavy atom. The highest BCUT2D eigenvalue weighted by atomic mass is 16.7. The van der Waals surface area contributed by atoms with Crippen LogP contribution in [0.25, 0.3) is 0 Å². The quantitative estimate of drug-likeness (QED) is 0.832. The molecule has 0 bridgehead atoms. The maximum Gasteiger partial charge on any atom is 0.271 e. The summed E-state index contributed by atoms with van der Waals surface area (Å²) in [4.78, 5) is 31.1. The zero-order valence-corrected chi connectivity index (χ0v) is 15.5. The van der Waals surface area contributed by atoms with Crippen molar-refractivity contribution in [1.82, 2.24) is 19.8 Å². The van der Waals surface area contributed by atoms with E-state index in [1.807, 2.05) is 34.0 Å². The summed E-state index contributed by atoms with van der Waals surface area (Å²) in [5, 5.41) is 4.14. The van der Waals surface area contributed by atoms with Crippen molar-refractivity contribution in [2.45, 2.75) is 58.2 Å². The number of aryl methyl sites for hydroxylation is 1. The molecule has 1 atom stereocenters. The van der Waals surface area contributed by atoms with E-state index in [4.69, 9.17) is 4.84 Å². The number of hydrogen-bond acceptors (Lipinski definition) is 6. The second-order valence-electron chi connectivity index (χ2n) is 7.46. The molecule has 0 aliphatic carbocycles. The lowest BCUT2D eigenvalue weighted by Gasteiger charge is -2.38. The number of amides is 1. The van der Waals surface area contributed by atoms with E-state index in [0.717, 1.165) is 43.9 Å². The highest BCUT2D eigenvalue weighted by Gasteiger charge is 2.45. The second-order valence-corrected chi connectivity index (χ2v) is 7.46. The Morgan fingerprint density at radius 3 is 2.96 bits per heavy atom. The Kier molecular flexibility index (Phi) is 5.03. The van der Waals surface area contributed by atoms with Gasteiger partial charge in [0.05, 0.1) is 11.4 Å². The van der Waals surface area contributed by atoms with Gasteiger partial charge >= 0.3 is 0 Å². The fraction of sp³-hybridized carbons (Fsp3) is 0.667. The molecule has 25 heavy (non-hydrogen) atoms. The molecule has 1 fully saturated rings. The van der Waals surface area contributed by atoms with Gasteiger partial charge in [0.1, 0.15) is 5.71 Å². The molecule has 0 unspecified atom stereocenters. The van der Waals surface area contributed by atoms with Crippen LogP contribution in [-0.2, 0) is 16.2 Å². The number of aromatic nitrogens is 2. The number of nitrogens with zero attached hydrogens (tertiary/aromatic N) is 5. The average molecular weight is 345 g/mol. The highest BCUT2D eigenvalue weighted by Crippen LogP contribution is 2.34. The smallest absolute Gasteiger partial charge is 0.271 e. The molecule has 1 aromatic rings. The number of piperidine rings is 1. The van der Waals surface area contributed by atoms with Crippen molar-refractivity contribution in [1.29, 1.82) is 0 Å². The summed E-state index contributed by atoms with van der Waals surface area (Å²) in [5.41, 5.74) is 2.05. The maximum absolute atomic E-state index is 12.5. The number of likely N-dealkylation sites (tertiary alicyclic amines) is 1. The summed E-state index contributed by atoms with van der Waals surface area (Å²) in [5.74, 6) is -0.0338. The Bertz CT molecular complexity index is 675. The molecule has 0 radical (unpaired) electrons. The number of rotatable bonds is 4. The summed E-state index contributed by atoms with van der Waals surface area (Å²) < 4.78 is 0. The topological polar surface area (TPSA) is 70.9 Å². The van der Waals surface area contributed by atoms with Gasteiger partial charge in [-0.15, -0.1) is 0 Å². The molecule has 0 aromatic carbocycles. The monoisotopic (exact) mass is 345 g/mol. The van der Waals surface area contributed by atoms with Crippen molar-refractivity contribution in [3.05, 3.63) is 23.8 Å². The Morgan fingerprint density at radius 1 is 1.44 bits per heavy atom. The first kappa shape index (κ1) is 17.8. The van der Waals surface area contributed by atoms with Crippen LogP contribution in [0, 0.1) is 6.92 Å². The molecule has 1 saturated heterocycles. The van der Waals surface area contributed by atoms with Crippen LogP contribution in [-0.4, -0.2) is 63.2 Å². The standard InChI is InChI=1S/C18H27N5O2/c1-13(2)22(4)17(24)16-8-18(25-21-16)6-5-7-23(12-18)11-15-10-19-9-14(3)20-15/h9-10,13H,5-8,11-12H2,1-4H3/t18-/m1/s1. The van der Waals surface area contributed by atoms with Crippen LogP contribution in [0.4, 0.5) is 0 Å². The largest absolute Gasteiger partial charge is 0.387 e. The number of oxime groups is 1. The van der Waals surface area contributed by atoms with Crippen molar-refractivity contribution in [2.24, 2.45) is 5.16 Å². The zero-order valence-electron chi connectivity index (χ0n) is 15.5. The first-order valence-corrected chi connectivity index (χ1v) is 8.91. The molecule has 1 amide bonds. The zero-order chi connectivity index (χ0) is 18.0. The summed E-state index contributed by atoms with van der Waals surface area (Å²) in [6, 6.07) is 0.148. The fourth-order valence-corrected chi connectivity index (χ4v) is 3.44. The van der Waals surface area contributed by atoms with E-state index in [0.29, 0.717) is 12.1 Å². The van der Waals surface area contributed by atoms with Gasteiger partial charge in [0.15, 0.2) is 5.60 Å². The molecule has 3 rings (SSSR count). The molecule has 2 aliphatic rings. The van der Waals surface area contributed by atoms with Gasteiger partial charge in [-0.2, -0.15) is 0 Å². The minimum atomic E-state index is -0.377. The van der Waals surface area contributed by atoms with Crippen LogP contribution in [0.2, 0.25) is 0 Å². The Balaban J connectivity index is 1.63. The number of carbonyl (C=O) groups is 1. The molecule has 0 N–H and O–H groups in total. The van der Waals surface area contributed by atoms with Crippen molar-refractivity contribution >= 4 is 11.6 Å². The maximum atomic E-state index is 12.5. The summed E-state index contributed by atoms with van der Waals surface area (Å²) in [6.07, 6.45) is 6.11. The minimum Gasteiger partial charge on any atom is -0.387 e. The van der Waals surface area contributed by atoms with Gasteiger partial charge in [0, 0.05) is 45.0 Å². The SMILES string of the molecule is Cc1cncc(CN2CCC[C@@]3(CC(C(=O)N(C)C(C)C)=NO3)C2)n1. The van der Waals surface area contributed by atoms with Gasteiger partial charge in [0.2, 0.25) is 0 Å². The molecule has 0 saturated carbocycles. The van der Waals surface area contributed by atoms with Gasteiger partial charge in [-0.25, -0.2) is 0 Å². The van der Waals surface area contributed by atoms with Crippen molar-refractivity contribution < 1.29 is 9.63 Å². The summed E-state index contributed by atoms with van der Waals surface area (Å²) >= 11 is 0. The van der Waals surface area contributed by atoms with Gasteiger partial charge < -0.3 is 9.74 Å². The molecule has 7 heteroatoms. The fourth-order valence-electron chi connectivity index (χ4n) is 3.44. The van der Waals surface area contributed by atoms with E-state index in [1.165, 1.54) is 0 Å². The molecule has 136 valence electrons. The minimum absolute atomic E-state index is 0.0338. The first-order chi connectivity index (χ1) is 11.9. The van der Waals surface area contributed by atoms with Crippen molar-refractivity contribution in [3.8, 4) is 0 Å². The Hall–Kier alpha value is -2.02.